The van der Waals surface area contributed by atoms with Crippen LogP contribution in [0.2, 0.25) is 0 Å². The molecule has 5 nitrogen and oxygen atoms in total. The minimum Gasteiger partial charge on any atom is -0.353 e. The number of nitro benzene ring substituents is 1. The Morgan fingerprint density at radius 3 is 2.57 bits per heavy atom. The van der Waals surface area contributed by atoms with E-state index in [1.54, 1.807) is 12.1 Å². The number of carbonyl (C=O) groups is 1. The van der Waals surface area contributed by atoms with Crippen LogP contribution in [0.1, 0.15) is 38.7 Å². The SMILES string of the molecule is CC1CCCC(NC(=O)Cc2ccc([N+](=O)[O-])cc2)C1C. The van der Waals surface area contributed by atoms with E-state index in [1.165, 1.54) is 18.6 Å². The summed E-state index contributed by atoms with van der Waals surface area (Å²) in [4.78, 5) is 22.3. The van der Waals surface area contributed by atoms with Gasteiger partial charge in [-0.25, -0.2) is 0 Å². The van der Waals surface area contributed by atoms with Gasteiger partial charge in [-0.15, -0.1) is 0 Å². The number of non-ortho nitro benzene ring substituents is 1. The average molecular weight is 290 g/mol. The van der Waals surface area contributed by atoms with E-state index in [2.05, 4.69) is 19.2 Å². The molecule has 2 rings (SSSR count). The highest BCUT2D eigenvalue weighted by molar-refractivity contribution is 5.79. The van der Waals surface area contributed by atoms with Crippen molar-refractivity contribution in [3.8, 4) is 0 Å². The third kappa shape index (κ3) is 4.03. The zero-order valence-corrected chi connectivity index (χ0v) is 12.5. The van der Waals surface area contributed by atoms with Crippen LogP contribution in [0.3, 0.4) is 0 Å². The van der Waals surface area contributed by atoms with Gasteiger partial charge in [0.2, 0.25) is 5.91 Å². The molecule has 114 valence electrons. The molecular weight excluding hydrogens is 268 g/mol. The van der Waals surface area contributed by atoms with Crippen LogP contribution in [-0.2, 0) is 11.2 Å². The van der Waals surface area contributed by atoms with Gasteiger partial charge in [-0.05, 0) is 23.8 Å². The third-order valence-electron chi connectivity index (χ3n) is 4.57. The number of benzene rings is 1. The van der Waals surface area contributed by atoms with Gasteiger partial charge in [0.15, 0.2) is 0 Å². The fraction of sp³-hybridized carbons (Fsp3) is 0.562. The van der Waals surface area contributed by atoms with Gasteiger partial charge in [0.25, 0.3) is 5.69 Å². The predicted octanol–water partition coefficient (Wildman–Crippen LogP) is 3.08. The first-order valence-corrected chi connectivity index (χ1v) is 7.50. The zero-order valence-electron chi connectivity index (χ0n) is 12.5. The van der Waals surface area contributed by atoms with Gasteiger partial charge in [0.05, 0.1) is 11.3 Å². The quantitative estimate of drug-likeness (QED) is 0.684. The van der Waals surface area contributed by atoms with E-state index in [9.17, 15) is 14.9 Å². The van der Waals surface area contributed by atoms with Crippen LogP contribution in [0.25, 0.3) is 0 Å². The Kier molecular flexibility index (Phi) is 4.94. The molecule has 3 unspecified atom stereocenters. The molecule has 1 saturated carbocycles. The maximum absolute atomic E-state index is 12.1. The Morgan fingerprint density at radius 1 is 1.29 bits per heavy atom. The summed E-state index contributed by atoms with van der Waals surface area (Å²) in [6.07, 6.45) is 3.71. The van der Waals surface area contributed by atoms with E-state index in [0.29, 0.717) is 11.8 Å². The Bertz CT molecular complexity index is 513. The molecule has 5 heteroatoms. The summed E-state index contributed by atoms with van der Waals surface area (Å²) in [7, 11) is 0. The van der Waals surface area contributed by atoms with E-state index in [0.717, 1.165) is 18.4 Å². The molecule has 21 heavy (non-hydrogen) atoms. The van der Waals surface area contributed by atoms with Crippen molar-refractivity contribution >= 4 is 11.6 Å². The van der Waals surface area contributed by atoms with Gasteiger partial charge in [-0.1, -0.05) is 38.8 Å². The molecule has 0 heterocycles. The maximum atomic E-state index is 12.1. The average Bonchev–Trinajstić information content (AvgIpc) is 2.44. The van der Waals surface area contributed by atoms with Crippen molar-refractivity contribution in [2.75, 3.05) is 0 Å². The molecule has 1 amide bonds. The second-order valence-corrected chi connectivity index (χ2v) is 6.04. The molecule has 1 aliphatic carbocycles. The lowest BCUT2D eigenvalue weighted by Gasteiger charge is -2.34. The summed E-state index contributed by atoms with van der Waals surface area (Å²) in [5.74, 6) is 1.14. The number of hydrogen-bond acceptors (Lipinski definition) is 3. The molecule has 1 aromatic carbocycles. The first-order chi connectivity index (χ1) is 9.97. The predicted molar refractivity (Wildman–Crippen MR) is 80.9 cm³/mol. The van der Waals surface area contributed by atoms with Crippen molar-refractivity contribution in [3.63, 3.8) is 0 Å². The first-order valence-electron chi connectivity index (χ1n) is 7.50. The highest BCUT2D eigenvalue weighted by Gasteiger charge is 2.27. The van der Waals surface area contributed by atoms with E-state index in [4.69, 9.17) is 0 Å². The molecule has 1 aromatic rings. The highest BCUT2D eigenvalue weighted by Crippen LogP contribution is 2.29. The largest absolute Gasteiger partial charge is 0.353 e. The molecule has 1 N–H and O–H groups in total. The number of rotatable bonds is 4. The van der Waals surface area contributed by atoms with Crippen LogP contribution in [0.5, 0.6) is 0 Å². The van der Waals surface area contributed by atoms with Crippen molar-refractivity contribution < 1.29 is 9.72 Å². The molecule has 0 aromatic heterocycles. The number of nitrogens with zero attached hydrogens (tertiary/aromatic N) is 1. The molecule has 1 aliphatic rings. The van der Waals surface area contributed by atoms with E-state index < -0.39 is 4.92 Å². The molecule has 3 atom stereocenters. The van der Waals surface area contributed by atoms with Crippen LogP contribution >= 0.6 is 0 Å². The molecule has 0 radical (unpaired) electrons. The Morgan fingerprint density at radius 2 is 1.95 bits per heavy atom. The van der Waals surface area contributed by atoms with Gasteiger partial charge in [0.1, 0.15) is 0 Å². The molecular formula is C16H22N2O3. The molecule has 0 saturated heterocycles. The topological polar surface area (TPSA) is 72.2 Å². The molecule has 0 aliphatic heterocycles. The minimum absolute atomic E-state index is 0.00481. The van der Waals surface area contributed by atoms with Gasteiger partial charge in [-0.2, -0.15) is 0 Å². The summed E-state index contributed by atoms with van der Waals surface area (Å²) in [6.45, 7) is 4.43. The fourth-order valence-electron chi connectivity index (χ4n) is 2.96. The highest BCUT2D eigenvalue weighted by atomic mass is 16.6. The van der Waals surface area contributed by atoms with Crippen molar-refractivity contribution in [1.29, 1.82) is 0 Å². The van der Waals surface area contributed by atoms with Crippen LogP contribution < -0.4 is 5.32 Å². The maximum Gasteiger partial charge on any atom is 0.269 e. The normalized spacial score (nSPS) is 25.3. The van der Waals surface area contributed by atoms with Crippen LogP contribution in [0.15, 0.2) is 24.3 Å². The van der Waals surface area contributed by atoms with Crippen molar-refractivity contribution in [1.82, 2.24) is 5.32 Å². The third-order valence-corrected chi connectivity index (χ3v) is 4.57. The van der Waals surface area contributed by atoms with Crippen molar-refractivity contribution in [3.05, 3.63) is 39.9 Å². The molecule has 1 fully saturated rings. The monoisotopic (exact) mass is 290 g/mol. The second kappa shape index (κ2) is 6.70. The van der Waals surface area contributed by atoms with Gasteiger partial charge in [-0.3, -0.25) is 14.9 Å². The first kappa shape index (κ1) is 15.5. The lowest BCUT2D eigenvalue weighted by Crippen LogP contribution is -2.44. The Balaban J connectivity index is 1.90. The lowest BCUT2D eigenvalue weighted by atomic mass is 9.78. The summed E-state index contributed by atoms with van der Waals surface area (Å²) >= 11 is 0. The zero-order chi connectivity index (χ0) is 15.4. The van der Waals surface area contributed by atoms with Crippen molar-refractivity contribution in [2.45, 2.75) is 45.6 Å². The Hall–Kier alpha value is -1.91. The molecule has 0 spiro atoms. The standard InChI is InChI=1S/C16H22N2O3/c1-11-4-3-5-15(12(11)2)17-16(19)10-13-6-8-14(9-7-13)18(20)21/h6-9,11-12,15H,3-5,10H2,1-2H3,(H,17,19). The number of carbonyl (C=O) groups excluding carboxylic acids is 1. The summed E-state index contributed by atoms with van der Waals surface area (Å²) in [5, 5.41) is 13.7. The van der Waals surface area contributed by atoms with E-state index in [1.807, 2.05) is 0 Å². The second-order valence-electron chi connectivity index (χ2n) is 6.04. The number of amides is 1. The number of hydrogen-bond donors (Lipinski definition) is 1. The van der Waals surface area contributed by atoms with Gasteiger partial charge in [0, 0.05) is 18.2 Å². The van der Waals surface area contributed by atoms with E-state index >= 15 is 0 Å². The van der Waals surface area contributed by atoms with Crippen molar-refractivity contribution in [2.24, 2.45) is 11.8 Å². The van der Waals surface area contributed by atoms with Gasteiger partial charge >= 0.3 is 0 Å². The summed E-state index contributed by atoms with van der Waals surface area (Å²) in [6, 6.07) is 6.41. The number of nitrogens with one attached hydrogen (secondary N) is 1. The van der Waals surface area contributed by atoms with E-state index in [-0.39, 0.29) is 24.1 Å². The Labute approximate surface area is 124 Å². The summed E-state index contributed by atoms with van der Waals surface area (Å²) in [5.41, 5.74) is 0.850. The van der Waals surface area contributed by atoms with Gasteiger partial charge < -0.3 is 5.32 Å². The smallest absolute Gasteiger partial charge is 0.269 e. The minimum atomic E-state index is -0.436. The summed E-state index contributed by atoms with van der Waals surface area (Å²) < 4.78 is 0. The lowest BCUT2D eigenvalue weighted by molar-refractivity contribution is -0.384. The molecule has 0 bridgehead atoms. The number of nitro groups is 1. The van der Waals surface area contributed by atoms with Crippen LogP contribution in [-0.4, -0.2) is 16.9 Å². The van der Waals surface area contributed by atoms with Crippen LogP contribution in [0.4, 0.5) is 5.69 Å². The fourth-order valence-corrected chi connectivity index (χ4v) is 2.96. The van der Waals surface area contributed by atoms with Crippen LogP contribution in [0, 0.1) is 22.0 Å².